The highest BCUT2D eigenvalue weighted by molar-refractivity contribution is 7.88. The van der Waals surface area contributed by atoms with Crippen molar-refractivity contribution >= 4 is 37.7 Å². The number of carbonyl (C=O) groups is 1. The summed E-state index contributed by atoms with van der Waals surface area (Å²) in [4.78, 5) is 24.4. The molecule has 1 saturated heterocycles. The van der Waals surface area contributed by atoms with E-state index in [2.05, 4.69) is 15.2 Å². The van der Waals surface area contributed by atoms with E-state index in [1.807, 2.05) is 24.4 Å². The van der Waals surface area contributed by atoms with Gasteiger partial charge in [0.1, 0.15) is 0 Å². The first-order valence-electron chi connectivity index (χ1n) is 11.9. The van der Waals surface area contributed by atoms with Crippen LogP contribution in [0.25, 0.3) is 33.2 Å². The number of nitrogens with zero attached hydrogens (tertiary/aromatic N) is 5. The molecule has 2 aliphatic rings. The number of benzene rings is 1. The van der Waals surface area contributed by atoms with Crippen molar-refractivity contribution in [1.82, 2.24) is 29.4 Å². The predicted molar refractivity (Wildman–Crippen MR) is 134 cm³/mol. The van der Waals surface area contributed by atoms with E-state index in [1.54, 1.807) is 17.2 Å². The molecule has 0 radical (unpaired) electrons. The summed E-state index contributed by atoms with van der Waals surface area (Å²) < 4.78 is 24.9. The van der Waals surface area contributed by atoms with Crippen LogP contribution in [0.5, 0.6) is 0 Å². The summed E-state index contributed by atoms with van der Waals surface area (Å²) in [7, 11) is -3.24. The third kappa shape index (κ3) is 3.86. The van der Waals surface area contributed by atoms with Crippen molar-refractivity contribution in [2.75, 3.05) is 32.4 Å². The summed E-state index contributed by atoms with van der Waals surface area (Å²) in [6, 6.07) is 7.71. The van der Waals surface area contributed by atoms with Crippen LogP contribution < -0.4 is 0 Å². The molecule has 1 aliphatic heterocycles. The van der Waals surface area contributed by atoms with Crippen LogP contribution in [0.2, 0.25) is 0 Å². The lowest BCUT2D eigenvalue weighted by Crippen LogP contribution is -2.50. The predicted octanol–water partition coefficient (Wildman–Crippen LogP) is 2.77. The van der Waals surface area contributed by atoms with E-state index in [1.165, 1.54) is 27.1 Å². The molecular formula is C25H26N6O3S. The van der Waals surface area contributed by atoms with Crippen molar-refractivity contribution in [3.63, 3.8) is 0 Å². The molecule has 3 aromatic heterocycles. The number of amides is 1. The Bertz CT molecular complexity index is 1550. The number of fused-ring (bicyclic) bond motifs is 5. The van der Waals surface area contributed by atoms with Gasteiger partial charge in [0.25, 0.3) is 5.91 Å². The summed E-state index contributed by atoms with van der Waals surface area (Å²) in [5.41, 5.74) is 6.65. The van der Waals surface area contributed by atoms with Gasteiger partial charge >= 0.3 is 0 Å². The Morgan fingerprint density at radius 3 is 2.46 bits per heavy atom. The molecule has 0 bridgehead atoms. The molecule has 0 atom stereocenters. The van der Waals surface area contributed by atoms with Crippen LogP contribution in [-0.4, -0.2) is 76.1 Å². The van der Waals surface area contributed by atoms with Crippen LogP contribution in [0.4, 0.5) is 0 Å². The largest absolute Gasteiger partial charge is 0.336 e. The first-order chi connectivity index (χ1) is 16.9. The van der Waals surface area contributed by atoms with Gasteiger partial charge in [-0.15, -0.1) is 0 Å². The lowest BCUT2D eigenvalue weighted by Gasteiger charge is -2.33. The minimum atomic E-state index is -3.24. The Balaban J connectivity index is 1.32. The van der Waals surface area contributed by atoms with E-state index in [0.29, 0.717) is 31.7 Å². The summed E-state index contributed by atoms with van der Waals surface area (Å²) >= 11 is 0. The van der Waals surface area contributed by atoms with E-state index in [9.17, 15) is 13.2 Å². The highest BCUT2D eigenvalue weighted by atomic mass is 32.2. The quantitative estimate of drug-likeness (QED) is 0.473. The average Bonchev–Trinajstić information content (AvgIpc) is 3.36. The third-order valence-corrected chi connectivity index (χ3v) is 8.44. The molecule has 1 aliphatic carbocycles. The van der Waals surface area contributed by atoms with Crippen LogP contribution in [0, 0.1) is 0 Å². The topological polar surface area (TPSA) is 112 Å². The summed E-state index contributed by atoms with van der Waals surface area (Å²) in [6.07, 6.45) is 8.90. The maximum Gasteiger partial charge on any atom is 0.255 e. The monoisotopic (exact) mass is 490 g/mol. The van der Waals surface area contributed by atoms with Crippen molar-refractivity contribution in [1.29, 1.82) is 0 Å². The normalized spacial score (nSPS) is 17.1. The lowest BCUT2D eigenvalue weighted by molar-refractivity contribution is 0.0698. The van der Waals surface area contributed by atoms with Gasteiger partial charge in [-0.2, -0.15) is 9.40 Å². The Hall–Kier alpha value is -3.37. The zero-order valence-electron chi connectivity index (χ0n) is 19.5. The fraction of sp³-hybridized carbons (Fsp3) is 0.360. The minimum absolute atomic E-state index is 0.131. The Kier molecular flexibility index (Phi) is 5.30. The second-order valence-electron chi connectivity index (χ2n) is 9.30. The highest BCUT2D eigenvalue weighted by Crippen LogP contribution is 2.37. The number of hydrogen-bond donors (Lipinski definition) is 1. The molecule has 10 heteroatoms. The number of sulfonamides is 1. The zero-order chi connectivity index (χ0) is 24.2. The van der Waals surface area contributed by atoms with Gasteiger partial charge in [-0.1, -0.05) is 0 Å². The van der Waals surface area contributed by atoms with Gasteiger partial charge in [0, 0.05) is 43.1 Å². The number of aryl methyl sites for hydroxylation is 1. The highest BCUT2D eigenvalue weighted by Gasteiger charge is 2.27. The van der Waals surface area contributed by atoms with Crippen molar-refractivity contribution in [3.8, 4) is 11.4 Å². The van der Waals surface area contributed by atoms with Crippen molar-refractivity contribution in [2.45, 2.75) is 25.7 Å². The van der Waals surface area contributed by atoms with Gasteiger partial charge < -0.3 is 4.90 Å². The number of H-pyrrole nitrogens is 1. The van der Waals surface area contributed by atoms with Crippen LogP contribution in [0.3, 0.4) is 0 Å². The number of nitrogens with one attached hydrogen (secondary N) is 1. The van der Waals surface area contributed by atoms with Crippen LogP contribution in [0.15, 0.2) is 36.7 Å². The van der Waals surface area contributed by atoms with Gasteiger partial charge in [0.2, 0.25) is 10.0 Å². The molecule has 1 fully saturated rings. The van der Waals surface area contributed by atoms with Crippen molar-refractivity contribution in [3.05, 3.63) is 53.3 Å². The van der Waals surface area contributed by atoms with Gasteiger partial charge in [0.15, 0.2) is 0 Å². The number of piperazine rings is 1. The fourth-order valence-electron chi connectivity index (χ4n) is 5.32. The van der Waals surface area contributed by atoms with Gasteiger partial charge in [-0.05, 0) is 61.1 Å². The van der Waals surface area contributed by atoms with Crippen molar-refractivity contribution in [2.24, 2.45) is 0 Å². The lowest BCUT2D eigenvalue weighted by atomic mass is 9.86. The first-order valence-corrected chi connectivity index (χ1v) is 13.7. The second-order valence-corrected chi connectivity index (χ2v) is 11.3. The SMILES string of the molecule is CS(=O)(=O)N1CCN(C(=O)c2ccc(-c3nc4ccc5[nH]ncc5c4c4c3CCCC4)nc2)CC1. The molecule has 1 N–H and O–H groups in total. The molecule has 35 heavy (non-hydrogen) atoms. The second kappa shape index (κ2) is 8.39. The number of aromatic nitrogens is 4. The molecule has 6 rings (SSSR count). The molecule has 4 aromatic rings. The van der Waals surface area contributed by atoms with Gasteiger partial charge in [-0.25, -0.2) is 13.4 Å². The van der Waals surface area contributed by atoms with E-state index in [-0.39, 0.29) is 5.91 Å². The number of hydrogen-bond acceptors (Lipinski definition) is 6. The van der Waals surface area contributed by atoms with Crippen LogP contribution >= 0.6 is 0 Å². The summed E-state index contributed by atoms with van der Waals surface area (Å²) in [6.45, 7) is 1.37. The van der Waals surface area contributed by atoms with Gasteiger partial charge in [-0.3, -0.25) is 14.9 Å². The Morgan fingerprint density at radius 1 is 0.971 bits per heavy atom. The number of aromatic amines is 1. The van der Waals surface area contributed by atoms with Gasteiger partial charge in [0.05, 0.1) is 40.4 Å². The third-order valence-electron chi connectivity index (χ3n) is 7.14. The van der Waals surface area contributed by atoms with Crippen LogP contribution in [0.1, 0.15) is 34.3 Å². The summed E-state index contributed by atoms with van der Waals surface area (Å²) in [5.74, 6) is -0.131. The number of rotatable bonds is 3. The van der Waals surface area contributed by atoms with E-state index in [4.69, 9.17) is 4.98 Å². The molecule has 0 spiro atoms. The smallest absolute Gasteiger partial charge is 0.255 e. The first kappa shape index (κ1) is 22.1. The van der Waals surface area contributed by atoms with Crippen LogP contribution in [-0.2, 0) is 22.9 Å². The standard InChI is InChI=1S/C25H26N6O3S/c1-35(33,34)31-12-10-30(11-13-31)25(32)16-6-7-22(26-14-16)24-18-5-3-2-4-17(18)23-19-15-27-29-20(19)8-9-21(23)28-24/h6-9,14-15H,2-5,10-13H2,1H3,(H,27,29). The van der Waals surface area contributed by atoms with Crippen molar-refractivity contribution < 1.29 is 13.2 Å². The maximum absolute atomic E-state index is 13.0. The molecule has 9 nitrogen and oxygen atoms in total. The molecule has 4 heterocycles. The van der Waals surface area contributed by atoms with E-state index < -0.39 is 10.0 Å². The maximum atomic E-state index is 13.0. The van der Waals surface area contributed by atoms with E-state index >= 15 is 0 Å². The molecular weight excluding hydrogens is 464 g/mol. The molecule has 1 aromatic carbocycles. The molecule has 0 unspecified atom stereocenters. The average molecular weight is 491 g/mol. The zero-order valence-corrected chi connectivity index (χ0v) is 20.3. The number of carbonyl (C=O) groups excluding carboxylic acids is 1. The molecule has 0 saturated carbocycles. The van der Waals surface area contributed by atoms with E-state index in [0.717, 1.165) is 53.5 Å². The Morgan fingerprint density at radius 2 is 1.74 bits per heavy atom. The fourth-order valence-corrected chi connectivity index (χ4v) is 6.15. The Labute approximate surface area is 203 Å². The molecule has 180 valence electrons. The molecule has 1 amide bonds. The minimum Gasteiger partial charge on any atom is -0.336 e. The summed E-state index contributed by atoms with van der Waals surface area (Å²) in [5, 5.41) is 9.57. The number of pyridine rings is 2.